The lowest BCUT2D eigenvalue weighted by atomic mass is 10.3. The molecular formula is C12H14N2O3S. The number of aromatic nitrogens is 2. The van der Waals surface area contributed by atoms with Crippen LogP contribution >= 0.6 is 11.3 Å². The number of fused-ring (bicyclic) bond motifs is 1. The van der Waals surface area contributed by atoms with E-state index in [1.54, 1.807) is 6.92 Å². The van der Waals surface area contributed by atoms with Crippen LogP contribution in [0.3, 0.4) is 0 Å². The molecular weight excluding hydrogens is 252 g/mol. The molecule has 0 aliphatic heterocycles. The number of thiophene rings is 1. The Hall–Kier alpha value is -1.69. The summed E-state index contributed by atoms with van der Waals surface area (Å²) in [7, 11) is 1.30. The topological polar surface area (TPSA) is 61.2 Å². The summed E-state index contributed by atoms with van der Waals surface area (Å²) in [4.78, 5) is 29.7. The molecule has 0 amide bonds. The van der Waals surface area contributed by atoms with Crippen LogP contribution in [0.15, 0.2) is 10.9 Å². The molecule has 0 aromatic carbocycles. The molecule has 0 spiro atoms. The summed E-state index contributed by atoms with van der Waals surface area (Å²) < 4.78 is 5.93. The van der Waals surface area contributed by atoms with Crippen molar-refractivity contribution in [2.24, 2.45) is 0 Å². The number of carbonyl (C=O) groups is 1. The van der Waals surface area contributed by atoms with Crippen LogP contribution in [-0.4, -0.2) is 22.6 Å². The van der Waals surface area contributed by atoms with Gasteiger partial charge in [0.05, 0.1) is 12.5 Å². The average Bonchev–Trinajstić information content (AvgIpc) is 2.77. The summed E-state index contributed by atoms with van der Waals surface area (Å²) >= 11 is 1.52. The molecule has 0 aliphatic carbocycles. The first-order valence-corrected chi connectivity index (χ1v) is 6.45. The van der Waals surface area contributed by atoms with Gasteiger partial charge in [-0.15, -0.1) is 11.3 Å². The first-order valence-electron chi connectivity index (χ1n) is 5.63. The molecule has 0 aliphatic rings. The molecule has 96 valence electrons. The fraction of sp³-hybridized carbons (Fsp3) is 0.417. The SMILES string of the molecule is CCc1cc2c(=O)n(CC(=O)OC)c(C)nc2s1. The summed E-state index contributed by atoms with van der Waals surface area (Å²) in [5, 5.41) is 0.575. The van der Waals surface area contributed by atoms with E-state index in [0.29, 0.717) is 11.2 Å². The Morgan fingerprint density at radius 1 is 1.56 bits per heavy atom. The van der Waals surface area contributed by atoms with E-state index in [-0.39, 0.29) is 12.1 Å². The summed E-state index contributed by atoms with van der Waals surface area (Å²) in [6.45, 7) is 3.65. The van der Waals surface area contributed by atoms with Crippen molar-refractivity contribution in [2.75, 3.05) is 7.11 Å². The van der Waals surface area contributed by atoms with Gasteiger partial charge in [0.1, 0.15) is 17.2 Å². The van der Waals surface area contributed by atoms with Crippen molar-refractivity contribution in [2.45, 2.75) is 26.8 Å². The number of hydrogen-bond acceptors (Lipinski definition) is 5. The first kappa shape index (κ1) is 12.8. The van der Waals surface area contributed by atoms with E-state index >= 15 is 0 Å². The van der Waals surface area contributed by atoms with Gasteiger partial charge in [-0.1, -0.05) is 6.92 Å². The van der Waals surface area contributed by atoms with Gasteiger partial charge in [-0.05, 0) is 19.4 Å². The minimum absolute atomic E-state index is 0.0958. The van der Waals surface area contributed by atoms with Crippen molar-refractivity contribution >= 4 is 27.5 Å². The number of esters is 1. The molecule has 6 heteroatoms. The van der Waals surface area contributed by atoms with E-state index in [1.165, 1.54) is 23.0 Å². The van der Waals surface area contributed by atoms with E-state index in [4.69, 9.17) is 0 Å². The molecule has 0 saturated carbocycles. The molecule has 0 saturated heterocycles. The zero-order valence-corrected chi connectivity index (χ0v) is 11.3. The number of methoxy groups -OCH3 is 1. The zero-order valence-electron chi connectivity index (χ0n) is 10.5. The van der Waals surface area contributed by atoms with E-state index in [2.05, 4.69) is 9.72 Å². The van der Waals surface area contributed by atoms with Gasteiger partial charge in [-0.25, -0.2) is 4.98 Å². The number of nitrogens with zero attached hydrogens (tertiary/aromatic N) is 2. The second-order valence-electron chi connectivity index (χ2n) is 3.91. The monoisotopic (exact) mass is 266 g/mol. The second kappa shape index (κ2) is 4.89. The predicted molar refractivity (Wildman–Crippen MR) is 70.0 cm³/mol. The highest BCUT2D eigenvalue weighted by Gasteiger charge is 2.13. The van der Waals surface area contributed by atoms with Gasteiger partial charge >= 0.3 is 5.97 Å². The maximum atomic E-state index is 12.3. The minimum atomic E-state index is -0.452. The van der Waals surface area contributed by atoms with Gasteiger partial charge in [0.15, 0.2) is 0 Å². The van der Waals surface area contributed by atoms with Crippen LogP contribution in [0.25, 0.3) is 10.2 Å². The molecule has 2 aromatic rings. The van der Waals surface area contributed by atoms with Crippen molar-refractivity contribution < 1.29 is 9.53 Å². The van der Waals surface area contributed by atoms with Crippen molar-refractivity contribution in [1.82, 2.24) is 9.55 Å². The third-order valence-corrected chi connectivity index (χ3v) is 3.93. The van der Waals surface area contributed by atoms with Gasteiger partial charge in [0.2, 0.25) is 0 Å². The lowest BCUT2D eigenvalue weighted by molar-refractivity contribution is -0.141. The Morgan fingerprint density at radius 2 is 2.28 bits per heavy atom. The molecule has 2 heterocycles. The average molecular weight is 266 g/mol. The van der Waals surface area contributed by atoms with Crippen molar-refractivity contribution in [3.8, 4) is 0 Å². The predicted octanol–water partition coefficient (Wildman–Crippen LogP) is 1.50. The molecule has 0 unspecified atom stereocenters. The number of rotatable bonds is 3. The maximum absolute atomic E-state index is 12.3. The molecule has 0 N–H and O–H groups in total. The minimum Gasteiger partial charge on any atom is -0.468 e. The fourth-order valence-corrected chi connectivity index (χ4v) is 2.72. The second-order valence-corrected chi connectivity index (χ2v) is 5.03. The Balaban J connectivity index is 2.60. The van der Waals surface area contributed by atoms with Crippen LogP contribution in [0.2, 0.25) is 0 Å². The largest absolute Gasteiger partial charge is 0.468 e. The van der Waals surface area contributed by atoms with E-state index in [9.17, 15) is 9.59 Å². The van der Waals surface area contributed by atoms with Gasteiger partial charge in [0.25, 0.3) is 5.56 Å². The van der Waals surface area contributed by atoms with E-state index < -0.39 is 5.97 Å². The quantitative estimate of drug-likeness (QED) is 0.790. The summed E-state index contributed by atoms with van der Waals surface area (Å²) in [5.41, 5.74) is -0.182. The third-order valence-electron chi connectivity index (χ3n) is 2.76. The molecule has 0 bridgehead atoms. The smallest absolute Gasteiger partial charge is 0.325 e. The Kier molecular flexibility index (Phi) is 3.47. The normalized spacial score (nSPS) is 10.8. The molecule has 2 aromatic heterocycles. The standard InChI is InChI=1S/C12H14N2O3S/c1-4-8-5-9-11(18-8)13-7(2)14(12(9)16)6-10(15)17-3/h5H,4,6H2,1-3H3. The Morgan fingerprint density at radius 3 is 2.89 bits per heavy atom. The summed E-state index contributed by atoms with van der Waals surface area (Å²) in [6.07, 6.45) is 0.872. The third kappa shape index (κ3) is 2.15. The van der Waals surface area contributed by atoms with Crippen molar-refractivity contribution in [1.29, 1.82) is 0 Å². The lowest BCUT2D eigenvalue weighted by Crippen LogP contribution is -2.27. The van der Waals surface area contributed by atoms with Crippen LogP contribution < -0.4 is 5.56 Å². The Labute approximate surface area is 108 Å². The van der Waals surface area contributed by atoms with Crippen LogP contribution in [0.4, 0.5) is 0 Å². The Bertz CT molecular complexity index is 657. The lowest BCUT2D eigenvalue weighted by Gasteiger charge is -2.07. The van der Waals surface area contributed by atoms with Gasteiger partial charge < -0.3 is 4.74 Å². The fourth-order valence-electron chi connectivity index (χ4n) is 1.72. The zero-order chi connectivity index (χ0) is 13.3. The highest BCUT2D eigenvalue weighted by atomic mass is 32.1. The summed E-state index contributed by atoms with van der Waals surface area (Å²) in [6, 6.07) is 1.85. The van der Waals surface area contributed by atoms with Crippen molar-refractivity contribution in [3.63, 3.8) is 0 Å². The van der Waals surface area contributed by atoms with Crippen molar-refractivity contribution in [3.05, 3.63) is 27.1 Å². The molecule has 5 nitrogen and oxygen atoms in total. The van der Waals surface area contributed by atoms with Gasteiger partial charge in [0, 0.05) is 4.88 Å². The highest BCUT2D eigenvalue weighted by molar-refractivity contribution is 7.18. The maximum Gasteiger partial charge on any atom is 0.325 e. The number of aryl methyl sites for hydroxylation is 2. The van der Waals surface area contributed by atoms with E-state index in [0.717, 1.165) is 16.1 Å². The molecule has 0 fully saturated rings. The van der Waals surface area contributed by atoms with Crippen LogP contribution in [0.1, 0.15) is 17.6 Å². The van der Waals surface area contributed by atoms with Gasteiger partial charge in [-0.3, -0.25) is 14.2 Å². The van der Waals surface area contributed by atoms with E-state index in [1.807, 2.05) is 13.0 Å². The molecule has 0 radical (unpaired) electrons. The molecule has 2 rings (SSSR count). The number of ether oxygens (including phenoxy) is 1. The highest BCUT2D eigenvalue weighted by Crippen LogP contribution is 2.21. The molecule has 18 heavy (non-hydrogen) atoms. The van der Waals surface area contributed by atoms with Gasteiger partial charge in [-0.2, -0.15) is 0 Å². The van der Waals surface area contributed by atoms with Crippen LogP contribution in [0, 0.1) is 6.92 Å². The van der Waals surface area contributed by atoms with Crippen LogP contribution in [0.5, 0.6) is 0 Å². The number of hydrogen-bond donors (Lipinski definition) is 0. The first-order chi connectivity index (χ1) is 8.56. The number of carbonyl (C=O) groups excluding carboxylic acids is 1. The van der Waals surface area contributed by atoms with Crippen LogP contribution in [-0.2, 0) is 22.5 Å². The molecule has 0 atom stereocenters. The summed E-state index contributed by atoms with van der Waals surface area (Å²) in [5.74, 6) is 0.0784.